The normalized spacial score (nSPS) is 13.3. The lowest BCUT2D eigenvalue weighted by molar-refractivity contribution is 0.0946. The highest BCUT2D eigenvalue weighted by molar-refractivity contribution is 5.97. The van der Waals surface area contributed by atoms with Gasteiger partial charge in [0.25, 0.3) is 5.91 Å². The Kier molecular flexibility index (Phi) is 3.72. The van der Waals surface area contributed by atoms with Gasteiger partial charge in [-0.15, -0.1) is 0 Å². The molecule has 126 valence electrons. The van der Waals surface area contributed by atoms with E-state index < -0.39 is 5.82 Å². The van der Waals surface area contributed by atoms with Crippen LogP contribution in [-0.2, 0) is 6.42 Å². The molecule has 1 aliphatic heterocycles. The lowest BCUT2D eigenvalue weighted by Crippen LogP contribution is -2.31. The van der Waals surface area contributed by atoms with Crippen LogP contribution in [0.2, 0.25) is 0 Å². The number of ether oxygens (including phenoxy) is 1. The number of fused-ring (bicyclic) bond motifs is 1. The van der Waals surface area contributed by atoms with Crippen molar-refractivity contribution in [2.24, 2.45) is 0 Å². The van der Waals surface area contributed by atoms with Crippen LogP contribution in [0.15, 0.2) is 42.6 Å². The van der Waals surface area contributed by atoms with Gasteiger partial charge in [-0.05, 0) is 36.4 Å². The van der Waals surface area contributed by atoms with Gasteiger partial charge in [0.05, 0.1) is 18.4 Å². The van der Waals surface area contributed by atoms with Crippen molar-refractivity contribution in [2.75, 3.05) is 13.7 Å². The summed E-state index contributed by atoms with van der Waals surface area (Å²) in [5.41, 5.74) is 4.66. The predicted molar refractivity (Wildman–Crippen MR) is 92.0 cm³/mol. The molecule has 2 N–H and O–H groups in total. The van der Waals surface area contributed by atoms with E-state index in [2.05, 4.69) is 15.3 Å². The Hall–Kier alpha value is -3.15. The number of aromatic amines is 1. The summed E-state index contributed by atoms with van der Waals surface area (Å²) in [6, 6.07) is 10.3. The number of rotatable bonds is 3. The maximum atomic E-state index is 14.0. The SMILES string of the molecule is COc1ccc(-c2cc(-c3cc4c([nH]3)CCNC4=O)ccn2)cc1F. The number of carbonyl (C=O) groups excluding carboxylic acids is 1. The summed E-state index contributed by atoms with van der Waals surface area (Å²) in [7, 11) is 1.43. The summed E-state index contributed by atoms with van der Waals surface area (Å²) >= 11 is 0. The van der Waals surface area contributed by atoms with Crippen molar-refractivity contribution in [3.05, 3.63) is 59.7 Å². The van der Waals surface area contributed by atoms with Crippen LogP contribution < -0.4 is 10.1 Å². The first-order valence-electron chi connectivity index (χ1n) is 7.96. The van der Waals surface area contributed by atoms with Crippen molar-refractivity contribution in [3.63, 3.8) is 0 Å². The number of hydrogen-bond donors (Lipinski definition) is 2. The number of pyridine rings is 1. The molecule has 0 fully saturated rings. The van der Waals surface area contributed by atoms with Crippen LogP contribution in [0.3, 0.4) is 0 Å². The number of H-pyrrole nitrogens is 1. The van der Waals surface area contributed by atoms with E-state index in [1.807, 2.05) is 18.2 Å². The first kappa shape index (κ1) is 15.4. The summed E-state index contributed by atoms with van der Waals surface area (Å²) < 4.78 is 18.9. The number of nitrogens with zero attached hydrogens (tertiary/aromatic N) is 1. The van der Waals surface area contributed by atoms with Gasteiger partial charge in [0.15, 0.2) is 11.6 Å². The quantitative estimate of drug-likeness (QED) is 0.771. The number of benzene rings is 1. The van der Waals surface area contributed by atoms with Gasteiger partial charge in [-0.25, -0.2) is 4.39 Å². The maximum Gasteiger partial charge on any atom is 0.253 e. The minimum atomic E-state index is -0.431. The number of methoxy groups -OCH3 is 1. The fourth-order valence-corrected chi connectivity index (χ4v) is 3.03. The molecule has 0 aliphatic carbocycles. The molecule has 4 rings (SSSR count). The van der Waals surface area contributed by atoms with E-state index in [1.54, 1.807) is 18.3 Å². The summed E-state index contributed by atoms with van der Waals surface area (Å²) in [6.45, 7) is 0.637. The van der Waals surface area contributed by atoms with Gasteiger partial charge in [-0.3, -0.25) is 9.78 Å². The molecule has 3 aromatic rings. The van der Waals surface area contributed by atoms with Crippen LogP contribution in [0.5, 0.6) is 5.75 Å². The molecule has 1 aliphatic rings. The second-order valence-corrected chi connectivity index (χ2v) is 5.86. The summed E-state index contributed by atoms with van der Waals surface area (Å²) in [6.07, 6.45) is 2.45. The number of halogens is 1. The van der Waals surface area contributed by atoms with Crippen molar-refractivity contribution in [3.8, 4) is 28.3 Å². The third-order valence-corrected chi connectivity index (χ3v) is 4.32. The molecule has 1 aromatic carbocycles. The van der Waals surface area contributed by atoms with Crippen LogP contribution in [0.4, 0.5) is 4.39 Å². The molecule has 3 heterocycles. The van der Waals surface area contributed by atoms with E-state index in [0.29, 0.717) is 23.4 Å². The fourth-order valence-electron chi connectivity index (χ4n) is 3.03. The number of hydrogen-bond acceptors (Lipinski definition) is 3. The number of nitrogens with one attached hydrogen (secondary N) is 2. The highest BCUT2D eigenvalue weighted by Gasteiger charge is 2.20. The third kappa shape index (κ3) is 2.76. The molecule has 0 spiro atoms. The standard InChI is InChI=1S/C19H16FN3O2/c1-25-18-3-2-11(8-14(18)20)16-9-12(4-6-21-16)17-10-13-15(23-17)5-7-22-19(13)24/h2-4,6,8-10,23H,5,7H2,1H3,(H,22,24). The first-order chi connectivity index (χ1) is 12.2. The molecule has 1 amide bonds. The highest BCUT2D eigenvalue weighted by atomic mass is 19.1. The molecule has 25 heavy (non-hydrogen) atoms. The van der Waals surface area contributed by atoms with Crippen LogP contribution >= 0.6 is 0 Å². The maximum absolute atomic E-state index is 14.0. The molecular weight excluding hydrogens is 321 g/mol. The van der Waals surface area contributed by atoms with Crippen molar-refractivity contribution < 1.29 is 13.9 Å². The molecule has 0 saturated carbocycles. The van der Waals surface area contributed by atoms with Gasteiger partial charge in [0.2, 0.25) is 0 Å². The van der Waals surface area contributed by atoms with Gasteiger partial charge in [-0.2, -0.15) is 0 Å². The van der Waals surface area contributed by atoms with E-state index in [4.69, 9.17) is 4.74 Å². The van der Waals surface area contributed by atoms with E-state index in [1.165, 1.54) is 13.2 Å². The zero-order chi connectivity index (χ0) is 17.4. The molecule has 0 radical (unpaired) electrons. The molecule has 0 saturated heterocycles. The second kappa shape index (κ2) is 6.05. The molecule has 5 nitrogen and oxygen atoms in total. The van der Waals surface area contributed by atoms with Crippen LogP contribution in [0, 0.1) is 5.82 Å². The minimum absolute atomic E-state index is 0.0599. The van der Waals surface area contributed by atoms with E-state index in [0.717, 1.165) is 23.4 Å². The average Bonchev–Trinajstić information content (AvgIpc) is 3.07. The Morgan fingerprint density at radius 2 is 2.04 bits per heavy atom. The molecule has 0 unspecified atom stereocenters. The van der Waals surface area contributed by atoms with Crippen LogP contribution in [-0.4, -0.2) is 29.5 Å². The Labute approximate surface area is 143 Å². The summed E-state index contributed by atoms with van der Waals surface area (Å²) in [4.78, 5) is 19.6. The Bertz CT molecular complexity index is 965. The monoisotopic (exact) mass is 337 g/mol. The van der Waals surface area contributed by atoms with Crippen molar-refractivity contribution in [1.82, 2.24) is 15.3 Å². The molecule has 0 bridgehead atoms. The van der Waals surface area contributed by atoms with Gasteiger partial charge >= 0.3 is 0 Å². The lowest BCUT2D eigenvalue weighted by Gasteiger charge is -2.11. The zero-order valence-corrected chi connectivity index (χ0v) is 13.6. The van der Waals surface area contributed by atoms with Gasteiger partial charge < -0.3 is 15.0 Å². The predicted octanol–water partition coefficient (Wildman–Crippen LogP) is 3.18. The van der Waals surface area contributed by atoms with Gasteiger partial charge in [-0.1, -0.05) is 0 Å². The van der Waals surface area contributed by atoms with E-state index in [-0.39, 0.29) is 11.7 Å². The van der Waals surface area contributed by atoms with E-state index >= 15 is 0 Å². The summed E-state index contributed by atoms with van der Waals surface area (Å²) in [5, 5.41) is 2.83. The number of amides is 1. The Morgan fingerprint density at radius 1 is 1.16 bits per heavy atom. The van der Waals surface area contributed by atoms with Crippen LogP contribution in [0.1, 0.15) is 16.1 Å². The summed E-state index contributed by atoms with van der Waals surface area (Å²) in [5.74, 6) is -0.294. The van der Waals surface area contributed by atoms with Crippen molar-refractivity contribution in [2.45, 2.75) is 6.42 Å². The first-order valence-corrected chi connectivity index (χ1v) is 7.96. The van der Waals surface area contributed by atoms with Gasteiger partial charge in [0.1, 0.15) is 0 Å². The Balaban J connectivity index is 1.73. The fraction of sp³-hybridized carbons (Fsp3) is 0.158. The minimum Gasteiger partial charge on any atom is -0.494 e. The number of aromatic nitrogens is 2. The average molecular weight is 337 g/mol. The smallest absolute Gasteiger partial charge is 0.253 e. The largest absolute Gasteiger partial charge is 0.494 e. The molecular formula is C19H16FN3O2. The van der Waals surface area contributed by atoms with Crippen LogP contribution in [0.25, 0.3) is 22.5 Å². The molecule has 0 atom stereocenters. The number of carbonyl (C=O) groups is 1. The second-order valence-electron chi connectivity index (χ2n) is 5.86. The third-order valence-electron chi connectivity index (χ3n) is 4.32. The highest BCUT2D eigenvalue weighted by Crippen LogP contribution is 2.29. The lowest BCUT2D eigenvalue weighted by atomic mass is 10.1. The molecule has 2 aromatic heterocycles. The van der Waals surface area contributed by atoms with E-state index in [9.17, 15) is 9.18 Å². The molecule has 6 heteroatoms. The topological polar surface area (TPSA) is 67.0 Å². The zero-order valence-electron chi connectivity index (χ0n) is 13.6. The van der Waals surface area contributed by atoms with Gasteiger partial charge in [0, 0.05) is 41.7 Å². The van der Waals surface area contributed by atoms with Crippen molar-refractivity contribution in [1.29, 1.82) is 0 Å². The van der Waals surface area contributed by atoms with Crippen molar-refractivity contribution >= 4 is 5.91 Å². The Morgan fingerprint density at radius 3 is 2.80 bits per heavy atom.